The van der Waals surface area contributed by atoms with Gasteiger partial charge in [-0.2, -0.15) is 0 Å². The van der Waals surface area contributed by atoms with Crippen LogP contribution in [0.3, 0.4) is 0 Å². The van der Waals surface area contributed by atoms with Gasteiger partial charge in [-0.25, -0.2) is 0 Å². The Morgan fingerprint density at radius 2 is 1.90 bits per heavy atom. The Kier molecular flexibility index (Phi) is 4.67. The SMILES string of the molecule is CCc1cccc(C)c1NC(C)c1cccc(OC)c1. The molecule has 1 N–H and O–H groups in total. The van der Waals surface area contributed by atoms with Crippen LogP contribution in [0, 0.1) is 6.92 Å². The fourth-order valence-electron chi connectivity index (χ4n) is 2.44. The summed E-state index contributed by atoms with van der Waals surface area (Å²) in [5.74, 6) is 0.900. The van der Waals surface area contributed by atoms with E-state index < -0.39 is 0 Å². The second-order valence-electron chi connectivity index (χ2n) is 5.11. The fourth-order valence-corrected chi connectivity index (χ4v) is 2.44. The number of methoxy groups -OCH3 is 1. The number of benzene rings is 2. The lowest BCUT2D eigenvalue weighted by Crippen LogP contribution is -2.09. The van der Waals surface area contributed by atoms with E-state index in [1.54, 1.807) is 7.11 Å². The molecule has 0 fully saturated rings. The molecule has 2 aromatic rings. The molecule has 0 spiro atoms. The highest BCUT2D eigenvalue weighted by molar-refractivity contribution is 5.58. The van der Waals surface area contributed by atoms with Crippen LogP contribution >= 0.6 is 0 Å². The largest absolute Gasteiger partial charge is 0.497 e. The van der Waals surface area contributed by atoms with Crippen molar-refractivity contribution in [1.29, 1.82) is 0 Å². The summed E-state index contributed by atoms with van der Waals surface area (Å²) in [5.41, 5.74) is 5.14. The zero-order chi connectivity index (χ0) is 14.5. The number of para-hydroxylation sites is 1. The molecule has 2 aromatic carbocycles. The summed E-state index contributed by atoms with van der Waals surface area (Å²) in [5, 5.41) is 3.64. The Morgan fingerprint density at radius 3 is 2.60 bits per heavy atom. The number of nitrogens with one attached hydrogen (secondary N) is 1. The van der Waals surface area contributed by atoms with E-state index in [4.69, 9.17) is 4.74 Å². The maximum Gasteiger partial charge on any atom is 0.119 e. The minimum absolute atomic E-state index is 0.247. The average molecular weight is 269 g/mol. The van der Waals surface area contributed by atoms with Gasteiger partial charge in [0.05, 0.1) is 7.11 Å². The first-order valence-electron chi connectivity index (χ1n) is 7.14. The van der Waals surface area contributed by atoms with Crippen molar-refractivity contribution in [3.05, 3.63) is 59.2 Å². The number of aryl methyl sites for hydroxylation is 2. The topological polar surface area (TPSA) is 21.3 Å². The summed E-state index contributed by atoms with van der Waals surface area (Å²) < 4.78 is 5.30. The number of ether oxygens (including phenoxy) is 1. The Bertz CT molecular complexity index is 577. The standard InChI is InChI=1S/C18H23NO/c1-5-15-9-6-8-13(2)18(15)19-14(3)16-10-7-11-17(12-16)20-4/h6-12,14,19H,5H2,1-4H3. The van der Waals surface area contributed by atoms with Crippen LogP contribution in [-0.4, -0.2) is 7.11 Å². The molecule has 0 amide bonds. The van der Waals surface area contributed by atoms with Gasteiger partial charge in [-0.3, -0.25) is 0 Å². The molecule has 0 aliphatic heterocycles. The molecular formula is C18H23NO. The minimum Gasteiger partial charge on any atom is -0.497 e. The number of hydrogen-bond acceptors (Lipinski definition) is 2. The van der Waals surface area contributed by atoms with Crippen LogP contribution in [0.15, 0.2) is 42.5 Å². The van der Waals surface area contributed by atoms with Crippen molar-refractivity contribution in [1.82, 2.24) is 0 Å². The fraction of sp³-hybridized carbons (Fsp3) is 0.333. The quantitative estimate of drug-likeness (QED) is 0.846. The molecule has 106 valence electrons. The Balaban J connectivity index is 2.25. The van der Waals surface area contributed by atoms with Gasteiger partial charge in [0.15, 0.2) is 0 Å². The van der Waals surface area contributed by atoms with Crippen molar-refractivity contribution in [3.63, 3.8) is 0 Å². The highest BCUT2D eigenvalue weighted by Gasteiger charge is 2.10. The molecule has 2 heteroatoms. The summed E-state index contributed by atoms with van der Waals surface area (Å²) in [7, 11) is 1.70. The van der Waals surface area contributed by atoms with E-state index in [2.05, 4.69) is 56.4 Å². The lowest BCUT2D eigenvalue weighted by molar-refractivity contribution is 0.414. The summed E-state index contributed by atoms with van der Waals surface area (Å²) in [6.07, 6.45) is 1.04. The van der Waals surface area contributed by atoms with Crippen molar-refractivity contribution < 1.29 is 4.74 Å². The van der Waals surface area contributed by atoms with E-state index >= 15 is 0 Å². The van der Waals surface area contributed by atoms with Crippen LogP contribution in [0.2, 0.25) is 0 Å². The predicted octanol–water partition coefficient (Wildman–Crippen LogP) is 4.74. The van der Waals surface area contributed by atoms with Gasteiger partial charge < -0.3 is 10.1 Å². The maximum atomic E-state index is 5.30. The predicted molar refractivity (Wildman–Crippen MR) is 85.6 cm³/mol. The monoisotopic (exact) mass is 269 g/mol. The first kappa shape index (κ1) is 14.4. The van der Waals surface area contributed by atoms with Crippen LogP contribution < -0.4 is 10.1 Å². The second-order valence-corrected chi connectivity index (χ2v) is 5.11. The van der Waals surface area contributed by atoms with E-state index in [-0.39, 0.29) is 6.04 Å². The van der Waals surface area contributed by atoms with Gasteiger partial charge in [0.1, 0.15) is 5.75 Å². The summed E-state index contributed by atoms with van der Waals surface area (Å²) >= 11 is 0. The molecule has 0 aliphatic rings. The van der Waals surface area contributed by atoms with E-state index in [0.717, 1.165) is 12.2 Å². The molecule has 0 saturated carbocycles. The Labute approximate surface area is 121 Å². The second kappa shape index (κ2) is 6.47. The molecule has 2 nitrogen and oxygen atoms in total. The average Bonchev–Trinajstić information content (AvgIpc) is 2.49. The van der Waals surface area contributed by atoms with Gasteiger partial charge >= 0.3 is 0 Å². The molecule has 1 atom stereocenters. The van der Waals surface area contributed by atoms with Gasteiger partial charge in [-0.05, 0) is 49.1 Å². The molecule has 0 heterocycles. The van der Waals surface area contributed by atoms with Crippen molar-refractivity contribution in [2.24, 2.45) is 0 Å². The maximum absolute atomic E-state index is 5.30. The van der Waals surface area contributed by atoms with Crippen LogP contribution in [0.1, 0.15) is 36.6 Å². The number of hydrogen-bond donors (Lipinski definition) is 1. The Morgan fingerprint density at radius 1 is 1.15 bits per heavy atom. The highest BCUT2D eigenvalue weighted by atomic mass is 16.5. The molecule has 0 aliphatic carbocycles. The van der Waals surface area contributed by atoms with Gasteiger partial charge in [0, 0.05) is 11.7 Å². The first-order chi connectivity index (χ1) is 9.65. The highest BCUT2D eigenvalue weighted by Crippen LogP contribution is 2.27. The molecule has 0 saturated heterocycles. The zero-order valence-corrected chi connectivity index (χ0v) is 12.7. The first-order valence-corrected chi connectivity index (χ1v) is 7.14. The molecule has 2 rings (SSSR count). The van der Waals surface area contributed by atoms with E-state index in [9.17, 15) is 0 Å². The lowest BCUT2D eigenvalue weighted by atomic mass is 10.0. The van der Waals surface area contributed by atoms with Gasteiger partial charge in [0.2, 0.25) is 0 Å². The van der Waals surface area contributed by atoms with Gasteiger partial charge in [-0.1, -0.05) is 37.3 Å². The van der Waals surface area contributed by atoms with Crippen molar-refractivity contribution in [2.45, 2.75) is 33.2 Å². The third-order valence-corrected chi connectivity index (χ3v) is 3.69. The third kappa shape index (κ3) is 3.13. The van der Waals surface area contributed by atoms with Crippen LogP contribution in [-0.2, 0) is 6.42 Å². The van der Waals surface area contributed by atoms with Crippen molar-refractivity contribution >= 4 is 5.69 Å². The van der Waals surface area contributed by atoms with E-state index in [1.807, 2.05) is 12.1 Å². The summed E-state index contributed by atoms with van der Waals surface area (Å²) in [4.78, 5) is 0. The van der Waals surface area contributed by atoms with E-state index in [1.165, 1.54) is 22.4 Å². The third-order valence-electron chi connectivity index (χ3n) is 3.69. The number of rotatable bonds is 5. The lowest BCUT2D eigenvalue weighted by Gasteiger charge is -2.20. The summed E-state index contributed by atoms with van der Waals surface area (Å²) in [6, 6.07) is 14.9. The van der Waals surface area contributed by atoms with Gasteiger partial charge in [0.25, 0.3) is 0 Å². The van der Waals surface area contributed by atoms with Crippen molar-refractivity contribution in [3.8, 4) is 5.75 Å². The van der Waals surface area contributed by atoms with Crippen LogP contribution in [0.5, 0.6) is 5.75 Å². The normalized spacial score (nSPS) is 12.0. The zero-order valence-electron chi connectivity index (χ0n) is 12.7. The molecule has 0 bridgehead atoms. The van der Waals surface area contributed by atoms with Gasteiger partial charge in [-0.15, -0.1) is 0 Å². The molecule has 1 unspecified atom stereocenters. The van der Waals surface area contributed by atoms with E-state index in [0.29, 0.717) is 0 Å². The molecule has 0 aromatic heterocycles. The molecule has 0 radical (unpaired) electrons. The van der Waals surface area contributed by atoms with Crippen LogP contribution in [0.25, 0.3) is 0 Å². The number of anilines is 1. The van der Waals surface area contributed by atoms with Crippen molar-refractivity contribution in [2.75, 3.05) is 12.4 Å². The Hall–Kier alpha value is -1.96. The summed E-state index contributed by atoms with van der Waals surface area (Å²) in [6.45, 7) is 6.52. The minimum atomic E-state index is 0.247. The van der Waals surface area contributed by atoms with Crippen LogP contribution in [0.4, 0.5) is 5.69 Å². The molecular weight excluding hydrogens is 246 g/mol. The smallest absolute Gasteiger partial charge is 0.119 e. The molecule has 20 heavy (non-hydrogen) atoms.